The Hall–Kier alpha value is -2.47. The summed E-state index contributed by atoms with van der Waals surface area (Å²) in [4.78, 5) is 2.46. The number of hydrogen-bond acceptors (Lipinski definition) is 3. The SMILES string of the molecule is CN1c2ccc(C#N)cc2[C@@]23CCCC[C@@]12Nc1ccccc1C3. The lowest BCUT2D eigenvalue weighted by atomic mass is 9.59. The van der Waals surface area contributed by atoms with Crippen molar-refractivity contribution >= 4 is 11.4 Å². The van der Waals surface area contributed by atoms with Crippen molar-refractivity contribution in [2.45, 2.75) is 43.2 Å². The summed E-state index contributed by atoms with van der Waals surface area (Å²) in [6.45, 7) is 0. The Morgan fingerprint density at radius 1 is 1.12 bits per heavy atom. The minimum absolute atomic E-state index is 0.0595. The molecule has 2 aliphatic heterocycles. The van der Waals surface area contributed by atoms with E-state index in [4.69, 9.17) is 0 Å². The average molecular weight is 315 g/mol. The molecule has 2 heterocycles. The number of benzene rings is 2. The molecule has 1 fully saturated rings. The van der Waals surface area contributed by atoms with Gasteiger partial charge in [-0.25, -0.2) is 0 Å². The van der Waals surface area contributed by atoms with Crippen LogP contribution in [0.3, 0.4) is 0 Å². The molecule has 2 aromatic carbocycles. The van der Waals surface area contributed by atoms with E-state index in [1.807, 2.05) is 6.07 Å². The summed E-state index contributed by atoms with van der Waals surface area (Å²) in [6.07, 6.45) is 5.90. The molecule has 3 heteroatoms. The van der Waals surface area contributed by atoms with E-state index in [1.54, 1.807) is 0 Å². The highest BCUT2D eigenvalue weighted by molar-refractivity contribution is 5.74. The first-order chi connectivity index (χ1) is 11.7. The lowest BCUT2D eigenvalue weighted by molar-refractivity contribution is 0.170. The van der Waals surface area contributed by atoms with Crippen LogP contribution < -0.4 is 10.2 Å². The molecule has 2 aromatic rings. The molecule has 0 spiro atoms. The average Bonchev–Trinajstić information content (AvgIpc) is 2.85. The van der Waals surface area contributed by atoms with E-state index in [2.05, 4.69) is 59.7 Å². The third-order valence-electron chi connectivity index (χ3n) is 6.61. The molecule has 1 saturated carbocycles. The maximum atomic E-state index is 9.40. The van der Waals surface area contributed by atoms with Gasteiger partial charge >= 0.3 is 0 Å². The van der Waals surface area contributed by atoms with Crippen molar-refractivity contribution in [1.82, 2.24) is 0 Å². The summed E-state index contributed by atoms with van der Waals surface area (Å²) >= 11 is 0. The van der Waals surface area contributed by atoms with Crippen LogP contribution in [-0.2, 0) is 11.8 Å². The Balaban J connectivity index is 1.80. The van der Waals surface area contributed by atoms with Crippen LogP contribution >= 0.6 is 0 Å². The van der Waals surface area contributed by atoms with Crippen LogP contribution in [0.15, 0.2) is 42.5 Å². The van der Waals surface area contributed by atoms with Crippen LogP contribution in [0.1, 0.15) is 42.4 Å². The van der Waals surface area contributed by atoms with Gasteiger partial charge in [-0.1, -0.05) is 24.6 Å². The number of likely N-dealkylation sites (N-methyl/N-ethyl adjacent to an activating group) is 1. The molecule has 0 amide bonds. The van der Waals surface area contributed by atoms with Crippen molar-refractivity contribution in [1.29, 1.82) is 5.26 Å². The fourth-order valence-electron chi connectivity index (χ4n) is 5.53. The quantitative estimate of drug-likeness (QED) is 0.792. The second-order valence-corrected chi connectivity index (χ2v) is 7.51. The smallest absolute Gasteiger partial charge is 0.120 e. The summed E-state index contributed by atoms with van der Waals surface area (Å²) in [7, 11) is 2.22. The standard InChI is InChI=1S/C21H21N3/c1-24-19-9-8-15(14-22)12-17(19)20-10-4-5-11-21(20,24)23-18-7-3-2-6-16(18)13-20/h2-3,6-9,12,23H,4-5,10-11,13H2,1H3/t20-,21+/m0/s1. The van der Waals surface area contributed by atoms with Gasteiger partial charge in [0, 0.05) is 23.8 Å². The van der Waals surface area contributed by atoms with Gasteiger partial charge in [-0.05, 0) is 61.1 Å². The topological polar surface area (TPSA) is 39.1 Å². The van der Waals surface area contributed by atoms with Gasteiger partial charge in [-0.3, -0.25) is 0 Å². The van der Waals surface area contributed by atoms with Gasteiger partial charge in [0.05, 0.1) is 11.6 Å². The van der Waals surface area contributed by atoms with Gasteiger partial charge in [0.1, 0.15) is 5.66 Å². The minimum Gasteiger partial charge on any atom is -0.362 e. The second-order valence-electron chi connectivity index (χ2n) is 7.51. The molecular formula is C21H21N3. The van der Waals surface area contributed by atoms with Crippen LogP contribution in [0.5, 0.6) is 0 Å². The molecule has 0 aromatic heterocycles. The van der Waals surface area contributed by atoms with Crippen molar-refractivity contribution in [3.8, 4) is 6.07 Å². The Morgan fingerprint density at radius 2 is 1.96 bits per heavy atom. The predicted molar refractivity (Wildman–Crippen MR) is 96.2 cm³/mol. The zero-order chi connectivity index (χ0) is 16.4. The van der Waals surface area contributed by atoms with E-state index >= 15 is 0 Å². The fraction of sp³-hybridized carbons (Fsp3) is 0.381. The Kier molecular flexibility index (Phi) is 2.63. The number of anilines is 2. The molecule has 2 atom stereocenters. The molecule has 3 nitrogen and oxygen atoms in total. The molecule has 24 heavy (non-hydrogen) atoms. The third kappa shape index (κ3) is 1.47. The Bertz CT molecular complexity index is 881. The summed E-state index contributed by atoms with van der Waals surface area (Å²) in [5.74, 6) is 0. The summed E-state index contributed by atoms with van der Waals surface area (Å²) in [6, 6.07) is 17.3. The molecule has 1 aliphatic carbocycles. The van der Waals surface area contributed by atoms with E-state index in [1.165, 1.54) is 41.8 Å². The molecule has 120 valence electrons. The van der Waals surface area contributed by atoms with E-state index in [0.29, 0.717) is 0 Å². The number of fused-ring (bicyclic) bond motifs is 2. The summed E-state index contributed by atoms with van der Waals surface area (Å²) < 4.78 is 0. The first-order valence-electron chi connectivity index (χ1n) is 8.85. The second kappa shape index (κ2) is 4.54. The molecule has 0 unspecified atom stereocenters. The Labute approximate surface area is 142 Å². The largest absolute Gasteiger partial charge is 0.362 e. The highest BCUT2D eigenvalue weighted by Gasteiger charge is 2.63. The lowest BCUT2D eigenvalue weighted by Gasteiger charge is -2.56. The highest BCUT2D eigenvalue weighted by atomic mass is 15.4. The van der Waals surface area contributed by atoms with E-state index in [0.717, 1.165) is 18.4 Å². The molecule has 1 N–H and O–H groups in total. The first kappa shape index (κ1) is 13.9. The van der Waals surface area contributed by atoms with Crippen LogP contribution in [0.2, 0.25) is 0 Å². The highest BCUT2D eigenvalue weighted by Crippen LogP contribution is 2.61. The first-order valence-corrected chi connectivity index (χ1v) is 8.85. The van der Waals surface area contributed by atoms with E-state index in [-0.39, 0.29) is 11.1 Å². The number of nitrogens with one attached hydrogen (secondary N) is 1. The predicted octanol–water partition coefficient (Wildman–Crippen LogP) is 4.18. The number of nitrogens with zero attached hydrogens (tertiary/aromatic N) is 2. The number of para-hydroxylation sites is 1. The summed E-state index contributed by atoms with van der Waals surface area (Å²) in [5, 5.41) is 13.3. The van der Waals surface area contributed by atoms with Crippen LogP contribution in [0.4, 0.5) is 11.4 Å². The number of rotatable bonds is 0. The van der Waals surface area contributed by atoms with Crippen molar-refractivity contribution in [2.24, 2.45) is 0 Å². The van der Waals surface area contributed by atoms with Gasteiger partial charge in [0.25, 0.3) is 0 Å². The van der Waals surface area contributed by atoms with Gasteiger partial charge in [0.15, 0.2) is 0 Å². The zero-order valence-electron chi connectivity index (χ0n) is 14.0. The van der Waals surface area contributed by atoms with Gasteiger partial charge in [0.2, 0.25) is 0 Å². The lowest BCUT2D eigenvalue weighted by Crippen LogP contribution is -2.66. The van der Waals surface area contributed by atoms with Crippen LogP contribution in [0.25, 0.3) is 0 Å². The molecule has 0 radical (unpaired) electrons. The fourth-order valence-corrected chi connectivity index (χ4v) is 5.53. The van der Waals surface area contributed by atoms with Crippen molar-refractivity contribution < 1.29 is 0 Å². The molecular weight excluding hydrogens is 294 g/mol. The molecule has 0 bridgehead atoms. The minimum atomic E-state index is -0.0595. The number of nitriles is 1. The molecule has 5 rings (SSSR count). The maximum Gasteiger partial charge on any atom is 0.120 e. The van der Waals surface area contributed by atoms with Crippen LogP contribution in [-0.4, -0.2) is 12.7 Å². The molecule has 0 saturated heterocycles. The van der Waals surface area contributed by atoms with Gasteiger partial charge < -0.3 is 10.2 Å². The van der Waals surface area contributed by atoms with Crippen molar-refractivity contribution in [3.05, 3.63) is 59.2 Å². The number of hydrogen-bond donors (Lipinski definition) is 1. The van der Waals surface area contributed by atoms with E-state index in [9.17, 15) is 5.26 Å². The summed E-state index contributed by atoms with van der Waals surface area (Å²) in [5.41, 5.74) is 6.11. The Morgan fingerprint density at radius 3 is 2.83 bits per heavy atom. The zero-order valence-corrected chi connectivity index (χ0v) is 14.0. The van der Waals surface area contributed by atoms with Crippen molar-refractivity contribution in [2.75, 3.05) is 17.3 Å². The molecule has 3 aliphatic rings. The maximum absolute atomic E-state index is 9.40. The van der Waals surface area contributed by atoms with Gasteiger partial charge in [-0.15, -0.1) is 0 Å². The van der Waals surface area contributed by atoms with Crippen LogP contribution in [0, 0.1) is 11.3 Å². The normalized spacial score (nSPS) is 29.6. The monoisotopic (exact) mass is 315 g/mol. The third-order valence-corrected chi connectivity index (χ3v) is 6.61. The van der Waals surface area contributed by atoms with Crippen molar-refractivity contribution in [3.63, 3.8) is 0 Å². The van der Waals surface area contributed by atoms with E-state index < -0.39 is 0 Å². The van der Waals surface area contributed by atoms with Gasteiger partial charge in [-0.2, -0.15) is 5.26 Å².